The summed E-state index contributed by atoms with van der Waals surface area (Å²) in [6.45, 7) is 6.55. The van der Waals surface area contributed by atoms with Crippen molar-refractivity contribution < 1.29 is 4.57 Å². The van der Waals surface area contributed by atoms with Gasteiger partial charge in [0.1, 0.15) is 13.4 Å². The zero-order valence-corrected chi connectivity index (χ0v) is 15.6. The monoisotopic (exact) mass is 340 g/mol. The zero-order valence-electron chi connectivity index (χ0n) is 15.6. The van der Waals surface area contributed by atoms with Gasteiger partial charge in [0.2, 0.25) is 5.69 Å². The maximum absolute atomic E-state index is 4.37. The lowest BCUT2D eigenvalue weighted by molar-refractivity contribution is -0.659. The van der Waals surface area contributed by atoms with Crippen LogP contribution in [0.3, 0.4) is 0 Å². The highest BCUT2D eigenvalue weighted by atomic mass is 14.9. The summed E-state index contributed by atoms with van der Waals surface area (Å²) in [4.78, 5) is 8.39. The molecule has 0 aliphatic heterocycles. The van der Waals surface area contributed by atoms with Gasteiger partial charge >= 0.3 is 0 Å². The van der Waals surface area contributed by atoms with Crippen LogP contribution in [0.2, 0.25) is 0 Å². The van der Waals surface area contributed by atoms with Gasteiger partial charge in [-0.05, 0) is 61.5 Å². The summed E-state index contributed by atoms with van der Waals surface area (Å²) in [5, 5.41) is 2.47. The minimum Gasteiger partial charge on any atom is -0.245 e. The van der Waals surface area contributed by atoms with Crippen LogP contribution in [-0.4, -0.2) is 9.97 Å². The van der Waals surface area contributed by atoms with Crippen molar-refractivity contribution >= 4 is 10.8 Å². The van der Waals surface area contributed by atoms with E-state index in [-0.39, 0.29) is 0 Å². The van der Waals surface area contributed by atoms with E-state index in [0.717, 1.165) is 11.3 Å². The maximum atomic E-state index is 4.37. The minimum absolute atomic E-state index is 0.944. The van der Waals surface area contributed by atoms with Crippen LogP contribution in [0.1, 0.15) is 16.7 Å². The molecular formula is C23H22N3+. The lowest BCUT2D eigenvalue weighted by Gasteiger charge is -2.12. The summed E-state index contributed by atoms with van der Waals surface area (Å²) < 4.78 is 2.22. The molecule has 4 rings (SSSR count). The number of hydrogen-bond acceptors (Lipinski definition) is 2. The Morgan fingerprint density at radius 2 is 1.77 bits per heavy atom. The van der Waals surface area contributed by atoms with E-state index < -0.39 is 0 Å². The molecule has 0 aliphatic rings. The number of rotatable bonds is 2. The summed E-state index contributed by atoms with van der Waals surface area (Å²) in [7, 11) is 2.12. The summed E-state index contributed by atoms with van der Waals surface area (Å²) in [6.07, 6.45) is 5.51. The SMILES string of the molecule is Cc1cc(C)c(C)c(-c2c3ccc(-c4ccncn4)cc3cc[n+]2C)c1. The molecule has 128 valence electrons. The third-order valence-corrected chi connectivity index (χ3v) is 5.08. The van der Waals surface area contributed by atoms with Crippen LogP contribution in [-0.2, 0) is 7.05 Å². The molecule has 0 atom stereocenters. The van der Waals surface area contributed by atoms with E-state index in [4.69, 9.17) is 0 Å². The first-order valence-corrected chi connectivity index (χ1v) is 8.81. The van der Waals surface area contributed by atoms with Crippen LogP contribution in [0.5, 0.6) is 0 Å². The van der Waals surface area contributed by atoms with Gasteiger partial charge in [0, 0.05) is 17.8 Å². The van der Waals surface area contributed by atoms with E-state index in [1.165, 1.54) is 38.7 Å². The van der Waals surface area contributed by atoms with Crippen molar-refractivity contribution in [2.45, 2.75) is 20.8 Å². The number of hydrogen-bond donors (Lipinski definition) is 0. The van der Waals surface area contributed by atoms with Gasteiger partial charge in [0.05, 0.1) is 16.6 Å². The van der Waals surface area contributed by atoms with Gasteiger partial charge in [-0.1, -0.05) is 17.7 Å². The molecule has 26 heavy (non-hydrogen) atoms. The van der Waals surface area contributed by atoms with Crippen molar-refractivity contribution in [3.05, 3.63) is 77.9 Å². The number of pyridine rings is 1. The molecule has 0 bridgehead atoms. The average molecular weight is 340 g/mol. The molecule has 0 spiro atoms. The quantitative estimate of drug-likeness (QED) is 0.495. The molecule has 0 N–H and O–H groups in total. The molecule has 2 aromatic heterocycles. The van der Waals surface area contributed by atoms with Crippen LogP contribution in [0.25, 0.3) is 33.3 Å². The van der Waals surface area contributed by atoms with Crippen molar-refractivity contribution in [3.8, 4) is 22.5 Å². The second kappa shape index (κ2) is 6.34. The first-order chi connectivity index (χ1) is 12.5. The van der Waals surface area contributed by atoms with E-state index >= 15 is 0 Å². The number of aryl methyl sites for hydroxylation is 3. The largest absolute Gasteiger partial charge is 0.245 e. The summed E-state index contributed by atoms with van der Waals surface area (Å²) >= 11 is 0. The molecule has 0 radical (unpaired) electrons. The fraction of sp³-hybridized carbons (Fsp3) is 0.174. The molecular weight excluding hydrogens is 318 g/mol. The fourth-order valence-corrected chi connectivity index (χ4v) is 3.61. The van der Waals surface area contributed by atoms with Crippen molar-refractivity contribution in [1.29, 1.82) is 0 Å². The Bertz CT molecular complexity index is 1120. The third kappa shape index (κ3) is 2.76. The highest BCUT2D eigenvalue weighted by Crippen LogP contribution is 2.32. The summed E-state index contributed by atoms with van der Waals surface area (Å²) in [6, 6.07) is 15.2. The van der Waals surface area contributed by atoms with E-state index in [9.17, 15) is 0 Å². The minimum atomic E-state index is 0.944. The van der Waals surface area contributed by atoms with Crippen LogP contribution >= 0.6 is 0 Å². The molecule has 0 unspecified atom stereocenters. The topological polar surface area (TPSA) is 29.7 Å². The predicted molar refractivity (Wildman–Crippen MR) is 106 cm³/mol. The molecule has 0 saturated heterocycles. The lowest BCUT2D eigenvalue weighted by atomic mass is 9.94. The van der Waals surface area contributed by atoms with Crippen molar-refractivity contribution in [3.63, 3.8) is 0 Å². The van der Waals surface area contributed by atoms with Crippen molar-refractivity contribution in [2.24, 2.45) is 7.05 Å². The van der Waals surface area contributed by atoms with Gasteiger partial charge in [-0.2, -0.15) is 0 Å². The number of aromatic nitrogens is 3. The second-order valence-electron chi connectivity index (χ2n) is 6.93. The van der Waals surface area contributed by atoms with E-state index in [2.05, 4.69) is 84.9 Å². The molecule has 0 fully saturated rings. The zero-order chi connectivity index (χ0) is 18.3. The molecule has 2 heterocycles. The van der Waals surface area contributed by atoms with Crippen molar-refractivity contribution in [1.82, 2.24) is 9.97 Å². The molecule has 0 aliphatic carbocycles. The fourth-order valence-electron chi connectivity index (χ4n) is 3.61. The maximum Gasteiger partial charge on any atom is 0.220 e. The Morgan fingerprint density at radius 3 is 2.54 bits per heavy atom. The van der Waals surface area contributed by atoms with Crippen LogP contribution < -0.4 is 4.57 Å². The number of nitrogens with zero attached hydrogens (tertiary/aromatic N) is 3. The van der Waals surface area contributed by atoms with E-state index in [1.54, 1.807) is 12.5 Å². The Balaban J connectivity index is 1.98. The normalized spacial score (nSPS) is 11.1. The highest BCUT2D eigenvalue weighted by molar-refractivity contribution is 5.96. The average Bonchev–Trinajstić information content (AvgIpc) is 2.65. The van der Waals surface area contributed by atoms with Crippen LogP contribution in [0, 0.1) is 20.8 Å². The van der Waals surface area contributed by atoms with Crippen LogP contribution in [0.15, 0.2) is 61.2 Å². The Morgan fingerprint density at radius 1 is 0.923 bits per heavy atom. The summed E-state index contributed by atoms with van der Waals surface area (Å²) in [5.41, 5.74) is 8.55. The van der Waals surface area contributed by atoms with E-state index in [1.807, 2.05) is 6.07 Å². The highest BCUT2D eigenvalue weighted by Gasteiger charge is 2.18. The Hall–Kier alpha value is -3.07. The second-order valence-corrected chi connectivity index (χ2v) is 6.93. The smallest absolute Gasteiger partial charge is 0.220 e. The molecule has 0 saturated carbocycles. The summed E-state index contributed by atoms with van der Waals surface area (Å²) in [5.74, 6) is 0. The molecule has 0 amide bonds. The lowest BCUT2D eigenvalue weighted by Crippen LogP contribution is -2.30. The molecule has 3 nitrogen and oxygen atoms in total. The third-order valence-electron chi connectivity index (χ3n) is 5.08. The number of fused-ring (bicyclic) bond motifs is 1. The molecule has 2 aromatic carbocycles. The van der Waals surface area contributed by atoms with Gasteiger partial charge < -0.3 is 0 Å². The van der Waals surface area contributed by atoms with Crippen molar-refractivity contribution in [2.75, 3.05) is 0 Å². The predicted octanol–water partition coefficient (Wildman–Crippen LogP) is 4.71. The number of benzene rings is 2. The van der Waals surface area contributed by atoms with Gasteiger partial charge in [-0.15, -0.1) is 0 Å². The van der Waals surface area contributed by atoms with E-state index in [0.29, 0.717) is 0 Å². The van der Waals surface area contributed by atoms with Gasteiger partial charge in [0.25, 0.3) is 0 Å². The van der Waals surface area contributed by atoms with Gasteiger partial charge in [0.15, 0.2) is 6.20 Å². The molecule has 3 heteroatoms. The molecule has 4 aromatic rings. The Kier molecular flexibility index (Phi) is 4.00. The Labute approximate surface area is 154 Å². The van der Waals surface area contributed by atoms with Gasteiger partial charge in [-0.3, -0.25) is 0 Å². The van der Waals surface area contributed by atoms with Crippen LogP contribution in [0.4, 0.5) is 0 Å². The standard InChI is InChI=1S/C23H22N3/c1-15-11-16(2)17(3)21(12-15)23-20-6-5-19(22-7-9-24-14-25-22)13-18(20)8-10-26(23)4/h5-14H,1-4H3/q+1. The van der Waals surface area contributed by atoms with Gasteiger partial charge in [-0.25, -0.2) is 14.5 Å². The first kappa shape index (κ1) is 16.4. The first-order valence-electron chi connectivity index (χ1n) is 8.81.